The van der Waals surface area contributed by atoms with Crippen molar-refractivity contribution in [2.24, 2.45) is 0 Å². The molecule has 0 aliphatic heterocycles. The van der Waals surface area contributed by atoms with Gasteiger partial charge in [-0.3, -0.25) is 4.90 Å². The molecule has 0 saturated heterocycles. The van der Waals surface area contributed by atoms with Crippen molar-refractivity contribution in [2.75, 3.05) is 13.1 Å². The largest absolute Gasteiger partial charge is 0.392 e. The molecule has 0 spiro atoms. The minimum atomic E-state index is -0.392. The third kappa shape index (κ3) is 5.64. The van der Waals surface area contributed by atoms with Gasteiger partial charge in [-0.15, -0.1) is 0 Å². The summed E-state index contributed by atoms with van der Waals surface area (Å²) < 4.78 is 1.06. The van der Waals surface area contributed by atoms with Crippen LogP contribution in [0.4, 0.5) is 0 Å². The molecule has 0 fully saturated rings. The van der Waals surface area contributed by atoms with Crippen LogP contribution < -0.4 is 0 Å². The Morgan fingerprint density at radius 2 is 1.65 bits per heavy atom. The van der Waals surface area contributed by atoms with Gasteiger partial charge in [-0.25, -0.2) is 0 Å². The first kappa shape index (κ1) is 14.6. The number of hydrogen-bond acceptors (Lipinski definition) is 3. The maximum absolute atomic E-state index is 9.45. The van der Waals surface area contributed by atoms with Crippen molar-refractivity contribution in [1.29, 1.82) is 0 Å². The fraction of sp³-hybridized carbons (Fsp3) is 0.538. The summed E-state index contributed by atoms with van der Waals surface area (Å²) in [6, 6.07) is 8.00. The molecule has 1 rings (SSSR count). The van der Waals surface area contributed by atoms with E-state index in [2.05, 4.69) is 20.8 Å². The van der Waals surface area contributed by atoms with Crippen LogP contribution in [0.2, 0.25) is 0 Å². The maximum atomic E-state index is 9.45. The third-order valence-corrected chi connectivity index (χ3v) is 3.17. The van der Waals surface area contributed by atoms with Crippen LogP contribution in [0.15, 0.2) is 28.7 Å². The van der Waals surface area contributed by atoms with Crippen molar-refractivity contribution in [3.05, 3.63) is 34.3 Å². The zero-order chi connectivity index (χ0) is 12.8. The number of aliphatic hydroxyl groups is 2. The monoisotopic (exact) mass is 301 g/mol. The van der Waals surface area contributed by atoms with E-state index in [1.165, 1.54) is 0 Å². The van der Waals surface area contributed by atoms with E-state index in [0.29, 0.717) is 13.1 Å². The van der Waals surface area contributed by atoms with E-state index in [4.69, 9.17) is 0 Å². The molecular formula is C13H20BrNO2. The van der Waals surface area contributed by atoms with E-state index in [1.807, 2.05) is 24.3 Å². The Morgan fingerprint density at radius 1 is 1.12 bits per heavy atom. The van der Waals surface area contributed by atoms with Gasteiger partial charge in [0.2, 0.25) is 0 Å². The van der Waals surface area contributed by atoms with E-state index < -0.39 is 12.2 Å². The second-order valence-corrected chi connectivity index (χ2v) is 5.34. The van der Waals surface area contributed by atoms with Gasteiger partial charge in [0.05, 0.1) is 12.2 Å². The summed E-state index contributed by atoms with van der Waals surface area (Å²) in [4.78, 5) is 2.05. The summed E-state index contributed by atoms with van der Waals surface area (Å²) in [6.45, 7) is 5.36. The molecule has 2 unspecified atom stereocenters. The van der Waals surface area contributed by atoms with Gasteiger partial charge < -0.3 is 10.2 Å². The molecule has 0 aliphatic rings. The van der Waals surface area contributed by atoms with Gasteiger partial charge in [0, 0.05) is 24.1 Å². The van der Waals surface area contributed by atoms with Crippen molar-refractivity contribution in [3.63, 3.8) is 0 Å². The number of halogens is 1. The third-order valence-electron chi connectivity index (χ3n) is 2.40. The minimum absolute atomic E-state index is 0.392. The van der Waals surface area contributed by atoms with E-state index in [1.54, 1.807) is 13.8 Å². The molecule has 1 aromatic rings. The molecule has 0 bridgehead atoms. The molecule has 0 saturated carbocycles. The number of rotatable bonds is 6. The summed E-state index contributed by atoms with van der Waals surface area (Å²) in [6.07, 6.45) is -0.785. The van der Waals surface area contributed by atoms with Crippen LogP contribution in [0.25, 0.3) is 0 Å². The number of aliphatic hydroxyl groups excluding tert-OH is 2. The summed E-state index contributed by atoms with van der Waals surface area (Å²) in [5, 5.41) is 18.9. The first-order chi connectivity index (χ1) is 7.99. The van der Waals surface area contributed by atoms with E-state index >= 15 is 0 Å². The lowest BCUT2D eigenvalue weighted by molar-refractivity contribution is 0.0793. The van der Waals surface area contributed by atoms with Gasteiger partial charge >= 0.3 is 0 Å². The second kappa shape index (κ2) is 7.11. The molecule has 96 valence electrons. The molecule has 1 aromatic carbocycles. The van der Waals surface area contributed by atoms with Crippen LogP contribution in [0.1, 0.15) is 19.4 Å². The fourth-order valence-corrected chi connectivity index (χ4v) is 2.23. The predicted molar refractivity (Wildman–Crippen MR) is 72.8 cm³/mol. The topological polar surface area (TPSA) is 43.7 Å². The number of hydrogen-bond donors (Lipinski definition) is 2. The first-order valence-corrected chi connectivity index (χ1v) is 6.60. The minimum Gasteiger partial charge on any atom is -0.392 e. The molecule has 4 heteroatoms. The van der Waals surface area contributed by atoms with Crippen molar-refractivity contribution >= 4 is 15.9 Å². The molecule has 0 aromatic heterocycles. The Balaban J connectivity index is 2.68. The highest BCUT2D eigenvalue weighted by Crippen LogP contribution is 2.18. The highest BCUT2D eigenvalue weighted by molar-refractivity contribution is 9.10. The van der Waals surface area contributed by atoms with Gasteiger partial charge in [0.25, 0.3) is 0 Å². The molecular weight excluding hydrogens is 282 g/mol. The zero-order valence-corrected chi connectivity index (χ0v) is 11.9. The lowest BCUT2D eigenvalue weighted by Crippen LogP contribution is -2.35. The Labute approximate surface area is 111 Å². The second-order valence-electron chi connectivity index (χ2n) is 4.48. The first-order valence-electron chi connectivity index (χ1n) is 5.81. The van der Waals surface area contributed by atoms with Crippen LogP contribution in [0.3, 0.4) is 0 Å². The summed E-state index contributed by atoms with van der Waals surface area (Å²) in [5.41, 5.74) is 1.16. The molecule has 2 atom stereocenters. The van der Waals surface area contributed by atoms with Crippen molar-refractivity contribution in [1.82, 2.24) is 4.90 Å². The van der Waals surface area contributed by atoms with E-state index in [0.717, 1.165) is 16.6 Å². The molecule has 0 aliphatic carbocycles. The van der Waals surface area contributed by atoms with E-state index in [9.17, 15) is 10.2 Å². The summed E-state index contributed by atoms with van der Waals surface area (Å²) >= 11 is 3.51. The molecule has 0 heterocycles. The zero-order valence-electron chi connectivity index (χ0n) is 10.3. The normalized spacial score (nSPS) is 14.9. The quantitative estimate of drug-likeness (QED) is 0.845. The van der Waals surface area contributed by atoms with Crippen LogP contribution in [-0.4, -0.2) is 40.4 Å². The number of nitrogens with zero attached hydrogens (tertiary/aromatic N) is 1. The smallest absolute Gasteiger partial charge is 0.0639 e. The fourth-order valence-electron chi connectivity index (χ4n) is 1.82. The van der Waals surface area contributed by atoms with Crippen LogP contribution in [0, 0.1) is 0 Å². The Kier molecular flexibility index (Phi) is 6.12. The predicted octanol–water partition coefficient (Wildman–Crippen LogP) is 2.01. The van der Waals surface area contributed by atoms with Crippen molar-refractivity contribution < 1.29 is 10.2 Å². The number of benzene rings is 1. The standard InChI is InChI=1S/C13H20BrNO2/c1-10(16)7-15(8-11(2)17)9-12-5-3-4-6-13(12)14/h3-6,10-11,16-17H,7-9H2,1-2H3. The van der Waals surface area contributed by atoms with Gasteiger partial charge in [-0.1, -0.05) is 34.1 Å². The van der Waals surface area contributed by atoms with Crippen LogP contribution in [-0.2, 0) is 6.54 Å². The van der Waals surface area contributed by atoms with Crippen LogP contribution in [0.5, 0.6) is 0 Å². The average molecular weight is 302 g/mol. The Bertz CT molecular complexity index is 332. The highest BCUT2D eigenvalue weighted by Gasteiger charge is 2.12. The highest BCUT2D eigenvalue weighted by atomic mass is 79.9. The molecule has 3 nitrogen and oxygen atoms in total. The average Bonchev–Trinajstić information content (AvgIpc) is 2.19. The molecule has 2 N–H and O–H groups in total. The molecule has 0 amide bonds. The Hall–Kier alpha value is -0.420. The summed E-state index contributed by atoms with van der Waals surface area (Å²) in [5.74, 6) is 0. The lowest BCUT2D eigenvalue weighted by Gasteiger charge is -2.25. The van der Waals surface area contributed by atoms with E-state index in [-0.39, 0.29) is 0 Å². The van der Waals surface area contributed by atoms with Gasteiger partial charge in [-0.05, 0) is 25.5 Å². The van der Waals surface area contributed by atoms with Gasteiger partial charge in [0.15, 0.2) is 0 Å². The molecule has 0 radical (unpaired) electrons. The lowest BCUT2D eigenvalue weighted by atomic mass is 10.2. The van der Waals surface area contributed by atoms with Crippen molar-refractivity contribution in [2.45, 2.75) is 32.6 Å². The molecule has 17 heavy (non-hydrogen) atoms. The van der Waals surface area contributed by atoms with Crippen molar-refractivity contribution in [3.8, 4) is 0 Å². The SMILES string of the molecule is CC(O)CN(Cc1ccccc1Br)CC(C)O. The van der Waals surface area contributed by atoms with Gasteiger partial charge in [-0.2, -0.15) is 0 Å². The Morgan fingerprint density at radius 3 is 2.12 bits per heavy atom. The summed E-state index contributed by atoms with van der Waals surface area (Å²) in [7, 11) is 0. The van der Waals surface area contributed by atoms with Gasteiger partial charge in [0.1, 0.15) is 0 Å². The van der Waals surface area contributed by atoms with Crippen LogP contribution >= 0.6 is 15.9 Å². The maximum Gasteiger partial charge on any atom is 0.0639 e.